The molecule has 0 bridgehead atoms. The Morgan fingerprint density at radius 3 is 1.38 bits per heavy atom. The quantitative estimate of drug-likeness (QED) is 0.466. The van der Waals surface area contributed by atoms with Crippen molar-refractivity contribution < 1.29 is 9.59 Å². The minimum absolute atomic E-state index is 0.0420. The number of benzene rings is 2. The van der Waals surface area contributed by atoms with Gasteiger partial charge in [-0.15, -0.1) is 0 Å². The summed E-state index contributed by atoms with van der Waals surface area (Å²) in [6.07, 6.45) is 7.61. The lowest BCUT2D eigenvalue weighted by Crippen LogP contribution is -2.26. The summed E-state index contributed by atoms with van der Waals surface area (Å²) in [5, 5.41) is 5.89. The summed E-state index contributed by atoms with van der Waals surface area (Å²) in [7, 11) is 0. The maximum absolute atomic E-state index is 11.8. The van der Waals surface area contributed by atoms with E-state index in [0.717, 1.165) is 38.5 Å². The average molecular weight is 395 g/mol. The molecular weight excluding hydrogens is 360 g/mol. The third kappa shape index (κ3) is 11.1. The number of amides is 2. The summed E-state index contributed by atoms with van der Waals surface area (Å²) in [4.78, 5) is 23.7. The minimum atomic E-state index is 0.0420. The Bertz CT molecular complexity index is 640. The summed E-state index contributed by atoms with van der Waals surface area (Å²) >= 11 is 0. The van der Waals surface area contributed by atoms with E-state index in [-0.39, 0.29) is 11.8 Å². The van der Waals surface area contributed by atoms with E-state index >= 15 is 0 Å². The molecule has 29 heavy (non-hydrogen) atoms. The molecule has 0 aliphatic carbocycles. The molecular formula is C25H34N2O2. The third-order valence-electron chi connectivity index (χ3n) is 4.92. The minimum Gasteiger partial charge on any atom is -0.356 e. The van der Waals surface area contributed by atoms with Crippen molar-refractivity contribution in [3.63, 3.8) is 0 Å². The lowest BCUT2D eigenvalue weighted by Gasteiger charge is -2.07. The van der Waals surface area contributed by atoms with Crippen LogP contribution in [0.2, 0.25) is 0 Å². The number of aryl methyl sites for hydroxylation is 2. The molecule has 2 aromatic carbocycles. The van der Waals surface area contributed by atoms with Gasteiger partial charge < -0.3 is 10.6 Å². The van der Waals surface area contributed by atoms with Crippen LogP contribution in [0.1, 0.15) is 56.1 Å². The first-order valence-electron chi connectivity index (χ1n) is 10.9. The first-order chi connectivity index (χ1) is 14.2. The maximum atomic E-state index is 11.8. The molecule has 0 aromatic heterocycles. The molecule has 0 radical (unpaired) electrons. The van der Waals surface area contributed by atoms with Gasteiger partial charge in [-0.1, -0.05) is 60.7 Å². The van der Waals surface area contributed by atoms with Gasteiger partial charge in [-0.25, -0.2) is 0 Å². The number of nitrogens with one attached hydrogen (secondary N) is 2. The Labute approximate surface area is 175 Å². The molecule has 2 amide bonds. The summed E-state index contributed by atoms with van der Waals surface area (Å²) in [6, 6.07) is 20.8. The molecule has 4 nitrogen and oxygen atoms in total. The van der Waals surface area contributed by atoms with Crippen LogP contribution >= 0.6 is 0 Å². The maximum Gasteiger partial charge on any atom is 0.220 e. The summed E-state index contributed by atoms with van der Waals surface area (Å²) in [5.41, 5.74) is 2.68. The molecule has 4 heteroatoms. The molecule has 0 fully saturated rings. The Morgan fingerprint density at radius 2 is 0.966 bits per heavy atom. The Hall–Kier alpha value is -2.62. The summed E-state index contributed by atoms with van der Waals surface area (Å²) in [6.45, 7) is 1.42. The molecule has 0 saturated carbocycles. The zero-order valence-corrected chi connectivity index (χ0v) is 17.4. The van der Waals surface area contributed by atoms with Crippen LogP contribution in [-0.2, 0) is 22.4 Å². The monoisotopic (exact) mass is 394 g/mol. The van der Waals surface area contributed by atoms with Crippen LogP contribution in [0.25, 0.3) is 0 Å². The molecule has 0 spiro atoms. The first-order valence-corrected chi connectivity index (χ1v) is 10.9. The van der Waals surface area contributed by atoms with Gasteiger partial charge in [0.05, 0.1) is 0 Å². The van der Waals surface area contributed by atoms with Crippen LogP contribution in [0.5, 0.6) is 0 Å². The van der Waals surface area contributed by atoms with Crippen LogP contribution < -0.4 is 10.6 Å². The summed E-state index contributed by atoms with van der Waals surface area (Å²) < 4.78 is 0. The normalized spacial score (nSPS) is 10.5. The van der Waals surface area contributed by atoms with E-state index in [0.29, 0.717) is 32.4 Å². The van der Waals surface area contributed by atoms with Gasteiger partial charge in [0.2, 0.25) is 11.8 Å². The summed E-state index contributed by atoms with van der Waals surface area (Å²) in [5.74, 6) is 0.0840. The lowest BCUT2D eigenvalue weighted by molar-refractivity contribution is -0.122. The van der Waals surface area contributed by atoms with Crippen molar-refractivity contribution in [1.29, 1.82) is 0 Å². The lowest BCUT2D eigenvalue weighted by atomic mass is 10.1. The van der Waals surface area contributed by atoms with Crippen LogP contribution in [0, 0.1) is 0 Å². The molecule has 0 unspecified atom stereocenters. The van der Waals surface area contributed by atoms with E-state index in [9.17, 15) is 9.59 Å². The number of carbonyl (C=O) groups is 2. The van der Waals surface area contributed by atoms with Gasteiger partial charge in [0, 0.05) is 25.9 Å². The van der Waals surface area contributed by atoms with E-state index in [1.54, 1.807) is 0 Å². The second-order valence-corrected chi connectivity index (χ2v) is 7.44. The molecule has 2 N–H and O–H groups in total. The fourth-order valence-corrected chi connectivity index (χ4v) is 3.24. The fourth-order valence-electron chi connectivity index (χ4n) is 3.24. The van der Waals surface area contributed by atoms with Gasteiger partial charge >= 0.3 is 0 Å². The number of rotatable bonds is 14. The van der Waals surface area contributed by atoms with E-state index in [1.165, 1.54) is 11.1 Å². The van der Waals surface area contributed by atoms with Crippen molar-refractivity contribution in [1.82, 2.24) is 10.6 Å². The van der Waals surface area contributed by atoms with E-state index in [1.807, 2.05) is 12.1 Å². The van der Waals surface area contributed by atoms with Crippen molar-refractivity contribution in [2.24, 2.45) is 0 Å². The molecule has 0 atom stereocenters. The predicted octanol–water partition coefficient (Wildman–Crippen LogP) is 4.43. The smallest absolute Gasteiger partial charge is 0.220 e. The first kappa shape index (κ1) is 22.7. The second kappa shape index (κ2) is 14.4. The zero-order valence-electron chi connectivity index (χ0n) is 17.4. The molecule has 0 saturated heterocycles. The predicted molar refractivity (Wildman–Crippen MR) is 119 cm³/mol. The largest absolute Gasteiger partial charge is 0.356 e. The number of unbranched alkanes of at least 4 members (excludes halogenated alkanes) is 2. The van der Waals surface area contributed by atoms with Crippen molar-refractivity contribution in [2.75, 3.05) is 13.1 Å². The van der Waals surface area contributed by atoms with Gasteiger partial charge in [0.15, 0.2) is 0 Å². The molecule has 2 aromatic rings. The highest BCUT2D eigenvalue weighted by Crippen LogP contribution is 2.05. The fraction of sp³-hybridized carbons (Fsp3) is 0.440. The zero-order chi connectivity index (χ0) is 20.6. The number of carbonyl (C=O) groups excluding carboxylic acids is 2. The topological polar surface area (TPSA) is 58.2 Å². The third-order valence-corrected chi connectivity index (χ3v) is 4.92. The van der Waals surface area contributed by atoms with Crippen LogP contribution in [0.3, 0.4) is 0 Å². The van der Waals surface area contributed by atoms with E-state index < -0.39 is 0 Å². The Morgan fingerprint density at radius 1 is 0.552 bits per heavy atom. The van der Waals surface area contributed by atoms with Gasteiger partial charge in [-0.2, -0.15) is 0 Å². The van der Waals surface area contributed by atoms with Crippen LogP contribution in [0.15, 0.2) is 60.7 Å². The number of hydrogen-bond donors (Lipinski definition) is 2. The van der Waals surface area contributed by atoms with Crippen LogP contribution in [-0.4, -0.2) is 24.9 Å². The van der Waals surface area contributed by atoms with Gasteiger partial charge in [0.25, 0.3) is 0 Å². The molecule has 2 rings (SSSR count). The van der Waals surface area contributed by atoms with Crippen molar-refractivity contribution in [2.45, 2.75) is 57.8 Å². The SMILES string of the molecule is O=C(CCCC(=O)NCCCCc1ccccc1)NCCCCc1ccccc1. The average Bonchev–Trinajstić information content (AvgIpc) is 2.75. The highest BCUT2D eigenvalue weighted by molar-refractivity contribution is 5.78. The van der Waals surface area contributed by atoms with E-state index in [2.05, 4.69) is 59.2 Å². The van der Waals surface area contributed by atoms with Gasteiger partial charge in [0.1, 0.15) is 0 Å². The van der Waals surface area contributed by atoms with Gasteiger partial charge in [-0.3, -0.25) is 9.59 Å². The Kier molecular flexibility index (Phi) is 11.2. The Balaban J connectivity index is 1.39. The molecule has 0 heterocycles. The van der Waals surface area contributed by atoms with Gasteiger partial charge in [-0.05, 0) is 56.1 Å². The van der Waals surface area contributed by atoms with Crippen LogP contribution in [0.4, 0.5) is 0 Å². The molecule has 0 aliphatic heterocycles. The standard InChI is InChI=1S/C25H34N2O2/c28-24(26-20-9-7-16-22-12-3-1-4-13-22)18-11-19-25(29)27-21-10-8-17-23-14-5-2-6-15-23/h1-6,12-15H,7-11,16-21H2,(H,26,28)(H,27,29). The van der Waals surface area contributed by atoms with Crippen molar-refractivity contribution in [3.05, 3.63) is 71.8 Å². The highest BCUT2D eigenvalue weighted by atomic mass is 16.2. The van der Waals surface area contributed by atoms with E-state index in [4.69, 9.17) is 0 Å². The van der Waals surface area contributed by atoms with Crippen molar-refractivity contribution in [3.8, 4) is 0 Å². The second-order valence-electron chi connectivity index (χ2n) is 7.44. The molecule has 156 valence electrons. The molecule has 0 aliphatic rings. The van der Waals surface area contributed by atoms with Crippen molar-refractivity contribution >= 4 is 11.8 Å². The number of hydrogen-bond acceptors (Lipinski definition) is 2. The highest BCUT2D eigenvalue weighted by Gasteiger charge is 2.05.